The predicted molar refractivity (Wildman–Crippen MR) is 127 cm³/mol. The predicted octanol–water partition coefficient (Wildman–Crippen LogP) is -2.19. The van der Waals surface area contributed by atoms with E-state index in [2.05, 4.69) is 9.80 Å². The maximum absolute atomic E-state index is 10.5. The van der Waals surface area contributed by atoms with Crippen LogP contribution in [-0.2, 0) is 20.2 Å². The van der Waals surface area contributed by atoms with Gasteiger partial charge in [0.05, 0.1) is 24.7 Å². The third kappa shape index (κ3) is 17.6. The number of aliphatic hydroxyl groups excluding tert-OH is 2. The summed E-state index contributed by atoms with van der Waals surface area (Å²) < 4.78 is 59.3. The van der Waals surface area contributed by atoms with Gasteiger partial charge in [-0.15, -0.1) is 24.8 Å². The van der Waals surface area contributed by atoms with Gasteiger partial charge >= 0.3 is 0 Å². The van der Waals surface area contributed by atoms with Crippen molar-refractivity contribution in [3.63, 3.8) is 0 Å². The van der Waals surface area contributed by atoms with Crippen molar-refractivity contribution in [3.05, 3.63) is 0 Å². The lowest BCUT2D eigenvalue weighted by molar-refractivity contribution is 0.116. The largest absolute Gasteiger partial charge is 0.395 e. The summed E-state index contributed by atoms with van der Waals surface area (Å²) in [4.78, 5) is 8.26. The first-order chi connectivity index (χ1) is 14.0. The number of aliphatic hydroxyl groups is 2. The molecule has 2 heterocycles. The van der Waals surface area contributed by atoms with Crippen molar-refractivity contribution in [1.29, 1.82) is 0 Å². The molecule has 0 spiro atoms. The quantitative estimate of drug-likeness (QED) is 0.218. The van der Waals surface area contributed by atoms with Crippen LogP contribution in [0.1, 0.15) is 0 Å². The van der Waals surface area contributed by atoms with Crippen molar-refractivity contribution in [1.82, 2.24) is 19.6 Å². The van der Waals surface area contributed by atoms with Gasteiger partial charge in [0.2, 0.25) is 0 Å². The summed E-state index contributed by atoms with van der Waals surface area (Å²) in [6.07, 6.45) is 0. The smallest absolute Gasteiger partial charge is 0.266 e. The molecule has 16 heteroatoms. The molecule has 0 unspecified atom stereocenters. The van der Waals surface area contributed by atoms with Crippen molar-refractivity contribution in [3.8, 4) is 0 Å². The van der Waals surface area contributed by atoms with Gasteiger partial charge in [-0.2, -0.15) is 16.8 Å². The molecule has 0 aromatic heterocycles. The van der Waals surface area contributed by atoms with Crippen molar-refractivity contribution >= 4 is 45.1 Å². The van der Waals surface area contributed by atoms with Gasteiger partial charge < -0.3 is 10.2 Å². The van der Waals surface area contributed by atoms with E-state index < -0.39 is 20.2 Å². The Kier molecular flexibility index (Phi) is 18.9. The zero-order chi connectivity index (χ0) is 22.6. The number of hydrogen-bond donors (Lipinski definition) is 4. The topological polar surface area (TPSA) is 162 Å². The Balaban J connectivity index is 0. The first kappa shape index (κ1) is 34.3. The second-order valence-electron chi connectivity index (χ2n) is 7.39. The molecule has 2 aliphatic heterocycles. The fourth-order valence-electron chi connectivity index (χ4n) is 3.24. The molecule has 0 atom stereocenters. The van der Waals surface area contributed by atoms with Crippen LogP contribution in [0.3, 0.4) is 0 Å². The molecule has 2 aliphatic rings. The molecule has 0 aromatic carbocycles. The molecule has 0 aliphatic carbocycles. The molecule has 0 aromatic rings. The van der Waals surface area contributed by atoms with E-state index in [1.54, 1.807) is 0 Å². The number of hydrogen-bond acceptors (Lipinski definition) is 10. The Morgan fingerprint density at radius 1 is 0.500 bits per heavy atom. The zero-order valence-electron chi connectivity index (χ0n) is 18.2. The lowest BCUT2D eigenvalue weighted by Gasteiger charge is -2.33. The van der Waals surface area contributed by atoms with Crippen molar-refractivity contribution in [2.24, 2.45) is 0 Å². The highest BCUT2D eigenvalue weighted by Gasteiger charge is 2.18. The van der Waals surface area contributed by atoms with Crippen molar-refractivity contribution < 1.29 is 36.2 Å². The summed E-state index contributed by atoms with van der Waals surface area (Å²) in [6, 6.07) is 0. The minimum absolute atomic E-state index is 0. The van der Waals surface area contributed by atoms with Gasteiger partial charge in [-0.25, -0.2) is 0 Å². The highest BCUT2D eigenvalue weighted by Crippen LogP contribution is 2.02. The summed E-state index contributed by atoms with van der Waals surface area (Å²) in [7, 11) is -7.69. The first-order valence-corrected chi connectivity index (χ1v) is 13.3. The molecular weight excluding hydrogens is 511 g/mol. The second-order valence-corrected chi connectivity index (χ2v) is 10.5. The fraction of sp³-hybridized carbons (Fsp3) is 1.00. The van der Waals surface area contributed by atoms with E-state index in [-0.39, 0.29) is 49.5 Å². The Morgan fingerprint density at radius 3 is 0.906 bits per heavy atom. The van der Waals surface area contributed by atoms with E-state index in [9.17, 15) is 16.8 Å². The van der Waals surface area contributed by atoms with Gasteiger partial charge in [-0.05, 0) is 0 Å². The molecule has 0 radical (unpaired) electrons. The summed E-state index contributed by atoms with van der Waals surface area (Å²) >= 11 is 0. The molecule has 196 valence electrons. The van der Waals surface area contributed by atoms with Gasteiger partial charge in [0, 0.05) is 78.5 Å². The monoisotopic (exact) mass is 548 g/mol. The van der Waals surface area contributed by atoms with Crippen LogP contribution in [0.25, 0.3) is 0 Å². The molecule has 0 bridgehead atoms. The number of halogens is 2. The number of piperazine rings is 2. The van der Waals surface area contributed by atoms with E-state index in [0.29, 0.717) is 26.2 Å². The Morgan fingerprint density at radius 2 is 0.719 bits per heavy atom. The number of nitrogens with zero attached hydrogens (tertiary/aromatic N) is 4. The van der Waals surface area contributed by atoms with Crippen molar-refractivity contribution in [2.45, 2.75) is 0 Å². The zero-order valence-corrected chi connectivity index (χ0v) is 21.4. The van der Waals surface area contributed by atoms with Crippen molar-refractivity contribution in [2.75, 3.05) is 103 Å². The standard InChI is InChI=1S/2C8H18N2O4S.2ClH/c2*11-7-5-9-1-3-10(4-2-9)6-8-15(12,13)14;;/h2*11H,1-8H2,(H,12,13,14);2*1H. The third-order valence-corrected chi connectivity index (χ3v) is 6.49. The normalized spacial score (nSPS) is 19.4. The molecule has 0 amide bonds. The van der Waals surface area contributed by atoms with Gasteiger partial charge in [0.25, 0.3) is 20.2 Å². The SMILES string of the molecule is Cl.Cl.O=S(=O)(O)CCN1CCN(CCO)CC1.O=S(=O)(O)CCN1CCN(CCO)CC1. The lowest BCUT2D eigenvalue weighted by atomic mass is 10.3. The van der Waals surface area contributed by atoms with Crippen LogP contribution in [0, 0.1) is 0 Å². The summed E-state index contributed by atoms with van der Waals surface area (Å²) in [5.41, 5.74) is 0. The average molecular weight is 550 g/mol. The molecular formula is C16H38Cl2N4O8S2. The van der Waals surface area contributed by atoms with Crippen LogP contribution < -0.4 is 0 Å². The van der Waals surface area contributed by atoms with Gasteiger partial charge in [0.1, 0.15) is 0 Å². The van der Waals surface area contributed by atoms with Crippen LogP contribution in [0.2, 0.25) is 0 Å². The maximum atomic E-state index is 10.5. The van der Waals surface area contributed by atoms with Crippen LogP contribution in [-0.4, -0.2) is 159 Å². The highest BCUT2D eigenvalue weighted by atomic mass is 35.5. The fourth-order valence-corrected chi connectivity index (χ4v) is 4.22. The molecule has 0 saturated carbocycles. The highest BCUT2D eigenvalue weighted by molar-refractivity contribution is 7.86. The van der Waals surface area contributed by atoms with Gasteiger partial charge in [-0.3, -0.25) is 28.7 Å². The summed E-state index contributed by atoms with van der Waals surface area (Å²) in [6.45, 7) is 8.93. The molecule has 2 saturated heterocycles. The van der Waals surface area contributed by atoms with E-state index in [1.807, 2.05) is 9.80 Å². The summed E-state index contributed by atoms with van der Waals surface area (Å²) in [5.74, 6) is -0.403. The maximum Gasteiger partial charge on any atom is 0.266 e. The van der Waals surface area contributed by atoms with E-state index in [1.165, 1.54) is 0 Å². The molecule has 4 N–H and O–H groups in total. The van der Waals surface area contributed by atoms with Crippen LogP contribution >= 0.6 is 24.8 Å². The molecule has 32 heavy (non-hydrogen) atoms. The average Bonchev–Trinajstić information content (AvgIpc) is 2.67. The molecule has 2 rings (SSSR count). The molecule has 12 nitrogen and oxygen atoms in total. The Labute approximate surface area is 203 Å². The minimum Gasteiger partial charge on any atom is -0.395 e. The van der Waals surface area contributed by atoms with Crippen LogP contribution in [0.4, 0.5) is 0 Å². The van der Waals surface area contributed by atoms with Gasteiger partial charge in [0.15, 0.2) is 0 Å². The lowest BCUT2D eigenvalue weighted by Crippen LogP contribution is -2.48. The summed E-state index contributed by atoms with van der Waals surface area (Å²) in [5, 5.41) is 17.5. The van der Waals surface area contributed by atoms with E-state index in [4.69, 9.17) is 19.3 Å². The molecule has 2 fully saturated rings. The second kappa shape index (κ2) is 17.6. The Hall–Kier alpha value is 0.160. The minimum atomic E-state index is -3.84. The first-order valence-electron chi connectivity index (χ1n) is 10.0. The third-order valence-electron chi connectivity index (χ3n) is 5.09. The van der Waals surface area contributed by atoms with Crippen LogP contribution in [0.15, 0.2) is 0 Å². The van der Waals surface area contributed by atoms with E-state index in [0.717, 1.165) is 52.4 Å². The van der Waals surface area contributed by atoms with Gasteiger partial charge in [-0.1, -0.05) is 0 Å². The van der Waals surface area contributed by atoms with E-state index >= 15 is 0 Å². The number of rotatable bonds is 10. The number of β-amino-alcohol motifs (C(OH)–C–C–N with tert-alkyl or cyclic N) is 2. The van der Waals surface area contributed by atoms with Crippen LogP contribution in [0.5, 0.6) is 0 Å². The Bertz CT molecular complexity index is 614.